The summed E-state index contributed by atoms with van der Waals surface area (Å²) in [4.78, 5) is 144. The van der Waals surface area contributed by atoms with Gasteiger partial charge in [-0.1, -0.05) is 48.5 Å². The Bertz CT molecular complexity index is 2730. The third-order valence-corrected chi connectivity index (χ3v) is 12.8. The first-order valence-corrected chi connectivity index (χ1v) is 25.6. The average Bonchev–Trinajstić information content (AvgIpc) is 4.13. The van der Waals surface area contributed by atoms with Gasteiger partial charge in [-0.2, -0.15) is 0 Å². The Morgan fingerprint density at radius 3 is 2.19 bits per heavy atom. The van der Waals surface area contributed by atoms with Crippen molar-refractivity contribution in [1.29, 1.82) is 0 Å². The summed E-state index contributed by atoms with van der Waals surface area (Å²) >= 11 is 0. The van der Waals surface area contributed by atoms with Crippen molar-refractivity contribution in [3.63, 3.8) is 0 Å². The first kappa shape index (κ1) is 59.8. The molecule has 18 N–H and O–H groups in total. The van der Waals surface area contributed by atoms with Crippen LogP contribution in [-0.4, -0.2) is 159 Å². The summed E-state index contributed by atoms with van der Waals surface area (Å²) in [5, 5.41) is 30.0. The van der Waals surface area contributed by atoms with Crippen LogP contribution in [0.25, 0.3) is 10.9 Å². The van der Waals surface area contributed by atoms with E-state index in [1.54, 1.807) is 42.6 Å². The van der Waals surface area contributed by atoms with Crippen LogP contribution in [0.5, 0.6) is 0 Å². The molecule has 1 saturated heterocycles. The van der Waals surface area contributed by atoms with Crippen LogP contribution in [0.15, 0.2) is 83.3 Å². The number of hydrogen-bond acceptors (Lipinski definition) is 12. The second-order valence-electron chi connectivity index (χ2n) is 18.8. The molecule has 5 rings (SSSR count). The number of para-hydroxylation sites is 1. The van der Waals surface area contributed by atoms with E-state index < -0.39 is 89.6 Å². The molecule has 1 fully saturated rings. The maximum Gasteiger partial charge on any atom is 0.326 e. The van der Waals surface area contributed by atoms with Gasteiger partial charge in [-0.25, -0.2) is 9.78 Å². The van der Waals surface area contributed by atoms with Crippen LogP contribution in [0.3, 0.4) is 0 Å². The molecule has 2 aromatic heterocycles. The number of imidazole rings is 1. The molecule has 7 atom stereocenters. The monoisotopic (exact) mass is 1080 g/mol. The maximum atomic E-state index is 14.9. The summed E-state index contributed by atoms with van der Waals surface area (Å²) in [5.41, 5.74) is 24.6. The first-order chi connectivity index (χ1) is 37.4. The number of carbonyl (C=O) groups is 9. The lowest BCUT2D eigenvalue weighted by Gasteiger charge is -2.33. The molecule has 420 valence electrons. The van der Waals surface area contributed by atoms with Gasteiger partial charge in [0.25, 0.3) is 0 Å². The molecule has 0 saturated carbocycles. The smallest absolute Gasteiger partial charge is 0.326 e. The van der Waals surface area contributed by atoms with Gasteiger partial charge in [0.05, 0.1) is 12.4 Å². The van der Waals surface area contributed by atoms with E-state index in [1.807, 2.05) is 18.2 Å². The summed E-state index contributed by atoms with van der Waals surface area (Å²) in [6.45, 7) is 0.984. The van der Waals surface area contributed by atoms with Crippen LogP contribution >= 0.6 is 0 Å². The molecule has 27 heteroatoms. The quantitative estimate of drug-likeness (QED) is 0.0201. The number of hydrogen-bond donors (Lipinski definition) is 14. The fourth-order valence-corrected chi connectivity index (χ4v) is 8.85. The van der Waals surface area contributed by atoms with E-state index >= 15 is 0 Å². The third-order valence-electron chi connectivity index (χ3n) is 12.8. The van der Waals surface area contributed by atoms with Crippen LogP contribution in [0.4, 0.5) is 0 Å². The van der Waals surface area contributed by atoms with Gasteiger partial charge in [0, 0.05) is 87.8 Å². The number of aliphatic carboxylic acids is 1. The van der Waals surface area contributed by atoms with E-state index in [1.165, 1.54) is 19.4 Å². The fourth-order valence-electron chi connectivity index (χ4n) is 8.85. The lowest BCUT2D eigenvalue weighted by molar-refractivity contribution is -0.142. The highest BCUT2D eigenvalue weighted by atomic mass is 16.4. The number of carboxylic acids is 1. The molecule has 0 aliphatic carbocycles. The fraction of sp³-hybridized carbons (Fsp3) is 0.451. The number of carboxylic acid groups (broad SMARTS) is 1. The Labute approximate surface area is 449 Å². The molecule has 27 nitrogen and oxygen atoms in total. The molecule has 78 heavy (non-hydrogen) atoms. The standard InChI is InChI=1S/C51H71N17O10/c1-30(70)62-37(14-7-20-58-50(52)53)45(73)64-39-17-18-43(71)57-19-9-16-40(49(77)78)66-47(75)41(23-32-25-60-36-13-6-5-12-35(32)36)67-46(74)38(15-8-21-59-51(54)55)65-48(76)42(22-31-10-3-2-4-11-31)68(29-69)27-34(63-44(39)72)24-33-26-56-28-61-33/h2-6,10-13,25-26,28-29,34,37-42,60H,7-9,14-24,27H2,1H3,(H,56,61)(H,57,71)(H,62,70)(H,63,72)(H,64,73)(H,65,76)(H,66,75)(H,67,74)(H,77,78)(H4,52,53,58)(H4,54,55,59). The van der Waals surface area contributed by atoms with E-state index in [4.69, 9.17) is 22.9 Å². The second kappa shape index (κ2) is 30.5. The number of benzene rings is 2. The van der Waals surface area contributed by atoms with Gasteiger partial charge in [-0.05, 0) is 62.1 Å². The number of nitrogens with zero attached hydrogens (tertiary/aromatic N) is 4. The van der Waals surface area contributed by atoms with Crippen molar-refractivity contribution < 1.29 is 48.3 Å². The van der Waals surface area contributed by atoms with Crippen LogP contribution in [0, 0.1) is 0 Å². The van der Waals surface area contributed by atoms with Crippen LogP contribution < -0.4 is 60.2 Å². The number of guanidine groups is 2. The minimum absolute atomic E-state index is 0.00323. The van der Waals surface area contributed by atoms with Gasteiger partial charge in [-0.3, -0.25) is 48.3 Å². The molecule has 1 aliphatic rings. The molecule has 8 amide bonds. The zero-order chi connectivity index (χ0) is 56.6. The zero-order valence-electron chi connectivity index (χ0n) is 43.4. The van der Waals surface area contributed by atoms with Crippen molar-refractivity contribution in [2.45, 2.75) is 120 Å². The number of aromatic amines is 2. The molecule has 3 heterocycles. The van der Waals surface area contributed by atoms with E-state index in [0.717, 1.165) is 15.8 Å². The zero-order valence-corrected chi connectivity index (χ0v) is 43.4. The number of fused-ring (bicyclic) bond motifs is 1. The van der Waals surface area contributed by atoms with Crippen molar-refractivity contribution in [2.24, 2.45) is 32.9 Å². The van der Waals surface area contributed by atoms with Gasteiger partial charge in [0.15, 0.2) is 11.9 Å². The SMILES string of the molecule is CC(=O)NC(CCCN=C(N)N)C(=O)NC1CCC(=O)NCCCC(C(=O)O)NC(=O)C(Cc2c[nH]c3ccccc23)NC(=O)C(CCCN=C(N)N)NC(=O)C(Cc2ccccc2)N(C=O)CC(Cc2cnc[nH]2)NC1=O. The predicted molar refractivity (Wildman–Crippen MR) is 287 cm³/mol. The molecular formula is C51H71N17O10. The predicted octanol–water partition coefficient (Wildman–Crippen LogP) is -2.44. The Kier molecular flexibility index (Phi) is 23.4. The number of nitrogens with one attached hydrogen (secondary N) is 9. The number of amides is 8. The highest BCUT2D eigenvalue weighted by Crippen LogP contribution is 2.20. The van der Waals surface area contributed by atoms with Crippen molar-refractivity contribution in [3.05, 3.63) is 90.1 Å². The molecule has 0 radical (unpaired) electrons. The van der Waals surface area contributed by atoms with Crippen molar-refractivity contribution in [3.8, 4) is 0 Å². The number of rotatable bonds is 19. The molecule has 0 spiro atoms. The molecule has 0 bridgehead atoms. The number of carbonyl (C=O) groups excluding carboxylic acids is 8. The minimum atomic E-state index is -1.49. The number of H-pyrrole nitrogens is 2. The Balaban J connectivity index is 1.57. The second-order valence-corrected chi connectivity index (χ2v) is 18.8. The summed E-state index contributed by atoms with van der Waals surface area (Å²) < 4.78 is 0. The summed E-state index contributed by atoms with van der Waals surface area (Å²) in [5.74, 6) is -6.95. The minimum Gasteiger partial charge on any atom is -0.480 e. The van der Waals surface area contributed by atoms with Crippen LogP contribution in [-0.2, 0) is 62.4 Å². The topological polar surface area (TPSA) is 435 Å². The van der Waals surface area contributed by atoms with Gasteiger partial charge < -0.3 is 80.1 Å². The molecule has 7 unspecified atom stereocenters. The van der Waals surface area contributed by atoms with Crippen molar-refractivity contribution in [2.75, 3.05) is 26.2 Å². The first-order valence-electron chi connectivity index (χ1n) is 25.6. The summed E-state index contributed by atoms with van der Waals surface area (Å²) in [6, 6.07) is 6.70. The van der Waals surface area contributed by atoms with E-state index in [9.17, 15) is 48.3 Å². The number of aliphatic imine (C=N–C) groups is 2. The summed E-state index contributed by atoms with van der Waals surface area (Å²) in [7, 11) is 0. The van der Waals surface area contributed by atoms with Crippen molar-refractivity contribution >= 4 is 76.6 Å². The Hall–Kier alpha value is -9.04. The molecule has 1 aliphatic heterocycles. The molecule has 2 aromatic carbocycles. The average molecular weight is 1080 g/mol. The van der Waals surface area contributed by atoms with Gasteiger partial charge in [0.2, 0.25) is 47.8 Å². The number of aromatic nitrogens is 3. The Morgan fingerprint density at radius 1 is 0.821 bits per heavy atom. The molecule has 4 aromatic rings. The highest BCUT2D eigenvalue weighted by Gasteiger charge is 2.35. The lowest BCUT2D eigenvalue weighted by atomic mass is 10.0. The Morgan fingerprint density at radius 2 is 1.51 bits per heavy atom. The number of nitrogens with two attached hydrogens (primary N) is 4. The highest BCUT2D eigenvalue weighted by molar-refractivity contribution is 5.96. The third kappa shape index (κ3) is 19.6. The van der Waals surface area contributed by atoms with E-state index in [-0.39, 0.29) is 109 Å². The van der Waals surface area contributed by atoms with Crippen LogP contribution in [0.1, 0.15) is 75.1 Å². The van der Waals surface area contributed by atoms with Gasteiger partial charge in [-0.15, -0.1) is 0 Å². The summed E-state index contributed by atoms with van der Waals surface area (Å²) in [6.07, 6.45) is 4.44. The lowest BCUT2D eigenvalue weighted by Crippen LogP contribution is -2.60. The van der Waals surface area contributed by atoms with Crippen LogP contribution in [0.2, 0.25) is 0 Å². The largest absolute Gasteiger partial charge is 0.480 e. The maximum absolute atomic E-state index is 14.9. The van der Waals surface area contributed by atoms with Crippen molar-refractivity contribution in [1.82, 2.24) is 57.1 Å². The van der Waals surface area contributed by atoms with E-state index in [0.29, 0.717) is 23.2 Å². The normalized spacial score (nSPS) is 20.8. The van der Waals surface area contributed by atoms with E-state index in [2.05, 4.69) is 62.2 Å². The van der Waals surface area contributed by atoms with Gasteiger partial charge in [0.1, 0.15) is 36.3 Å². The molecular weight excluding hydrogens is 1010 g/mol. The van der Waals surface area contributed by atoms with Gasteiger partial charge >= 0.3 is 5.97 Å².